The van der Waals surface area contributed by atoms with Gasteiger partial charge in [0, 0.05) is 18.0 Å². The summed E-state index contributed by atoms with van der Waals surface area (Å²) < 4.78 is 6.14. The Balaban J connectivity index is 1.31. The molecule has 1 heterocycles. The molecule has 4 saturated carbocycles. The second-order valence-electron chi connectivity index (χ2n) is 18.7. The fourth-order valence-corrected chi connectivity index (χ4v) is 12.4. The number of rotatable bonds is 7. The van der Waals surface area contributed by atoms with Crippen LogP contribution in [-0.4, -0.2) is 39.8 Å². The fraction of sp³-hybridized carbons (Fsp3) is 0.732. The van der Waals surface area contributed by atoms with Gasteiger partial charge < -0.3 is 15.2 Å². The summed E-state index contributed by atoms with van der Waals surface area (Å²) in [7, 11) is 0. The normalized spacial score (nSPS) is 38.2. The summed E-state index contributed by atoms with van der Waals surface area (Å²) in [5.74, 6) is 0.155. The van der Waals surface area contributed by atoms with Crippen molar-refractivity contribution >= 4 is 29.4 Å². The molecule has 0 spiro atoms. The molecule has 0 saturated heterocycles. The third-order valence-electron chi connectivity index (χ3n) is 15.1. The predicted octanol–water partition coefficient (Wildman–Crippen LogP) is 8.41. The Hall–Kier alpha value is -3.03. The second-order valence-corrected chi connectivity index (χ2v) is 18.7. The van der Waals surface area contributed by atoms with E-state index in [1.165, 1.54) is 0 Å². The minimum absolute atomic E-state index is 0.0105. The molecule has 1 aromatic heterocycles. The number of carbonyl (C=O) groups is 4. The molecule has 0 bridgehead atoms. The van der Waals surface area contributed by atoms with Crippen LogP contribution in [0.25, 0.3) is 0 Å². The van der Waals surface area contributed by atoms with Gasteiger partial charge in [-0.25, -0.2) is 4.98 Å². The number of ether oxygens (including phenoxy) is 1. The number of carboxylic acid groups (broad SMARTS) is 1. The molecule has 1 amide bonds. The number of pyridine rings is 1. The Bertz CT molecular complexity index is 1580. The number of nitrogens with zero attached hydrogens (tertiary/aromatic N) is 1. The number of Topliss-reactive ketones (excluding diaryl/α,β-unsaturated/α-hetero) is 1. The van der Waals surface area contributed by atoms with E-state index in [1.807, 2.05) is 18.2 Å². The van der Waals surface area contributed by atoms with E-state index in [9.17, 15) is 24.3 Å². The fourth-order valence-electron chi connectivity index (χ4n) is 12.4. The summed E-state index contributed by atoms with van der Waals surface area (Å²) in [4.78, 5) is 57.4. The van der Waals surface area contributed by atoms with E-state index in [2.05, 4.69) is 58.8 Å². The van der Waals surface area contributed by atoms with Crippen LogP contribution in [0.3, 0.4) is 0 Å². The van der Waals surface area contributed by atoms with Gasteiger partial charge in [0.05, 0.1) is 17.3 Å². The van der Waals surface area contributed by atoms with Crippen LogP contribution in [0.2, 0.25) is 0 Å². The molecule has 0 aliphatic heterocycles. The van der Waals surface area contributed by atoms with Crippen molar-refractivity contribution in [3.05, 3.63) is 35.5 Å². The van der Waals surface area contributed by atoms with Crippen molar-refractivity contribution in [1.29, 1.82) is 0 Å². The number of amides is 1. The molecule has 0 aromatic carbocycles. The van der Waals surface area contributed by atoms with Crippen molar-refractivity contribution in [2.45, 2.75) is 133 Å². The van der Waals surface area contributed by atoms with Crippen LogP contribution < -0.4 is 5.32 Å². The highest BCUT2D eigenvalue weighted by Crippen LogP contribution is 2.76. The third kappa shape index (κ3) is 5.23. The topological polar surface area (TPSA) is 123 Å². The molecule has 5 aliphatic carbocycles. The average molecular weight is 675 g/mol. The molecule has 8 heteroatoms. The number of esters is 1. The van der Waals surface area contributed by atoms with Crippen molar-refractivity contribution in [2.24, 2.45) is 56.2 Å². The van der Waals surface area contributed by atoms with Crippen molar-refractivity contribution in [1.82, 2.24) is 4.98 Å². The molecule has 268 valence electrons. The van der Waals surface area contributed by atoms with Gasteiger partial charge in [-0.15, -0.1) is 0 Å². The van der Waals surface area contributed by atoms with Gasteiger partial charge in [-0.3, -0.25) is 19.2 Å². The Morgan fingerprint density at radius 2 is 1.67 bits per heavy atom. The highest BCUT2D eigenvalue weighted by Gasteiger charge is 2.71. The highest BCUT2D eigenvalue weighted by atomic mass is 16.5. The summed E-state index contributed by atoms with van der Waals surface area (Å²) in [6.45, 7) is 19.3. The van der Waals surface area contributed by atoms with Crippen LogP contribution in [0.1, 0.15) is 127 Å². The number of hydrogen-bond acceptors (Lipinski definition) is 6. The maximum Gasteiger partial charge on any atom is 0.309 e. The van der Waals surface area contributed by atoms with E-state index >= 15 is 0 Å². The van der Waals surface area contributed by atoms with Crippen LogP contribution in [-0.2, 0) is 23.9 Å². The number of anilines is 1. The summed E-state index contributed by atoms with van der Waals surface area (Å²) >= 11 is 0. The zero-order valence-electron chi connectivity index (χ0n) is 31.2. The lowest BCUT2D eigenvalue weighted by atomic mass is 9.33. The predicted molar refractivity (Wildman–Crippen MR) is 188 cm³/mol. The van der Waals surface area contributed by atoms with Gasteiger partial charge in [0.2, 0.25) is 5.91 Å². The maximum absolute atomic E-state index is 14.4. The summed E-state index contributed by atoms with van der Waals surface area (Å²) in [6, 6.07) is 5.51. The first-order valence-corrected chi connectivity index (χ1v) is 18.7. The summed E-state index contributed by atoms with van der Waals surface area (Å²) in [5, 5.41) is 12.7. The monoisotopic (exact) mass is 674 g/mol. The quantitative estimate of drug-likeness (QED) is 0.279. The molecule has 2 unspecified atom stereocenters. The molecule has 4 fully saturated rings. The van der Waals surface area contributed by atoms with Gasteiger partial charge >= 0.3 is 11.9 Å². The van der Waals surface area contributed by atoms with Gasteiger partial charge in [0.15, 0.2) is 5.78 Å². The number of aromatic nitrogens is 1. The lowest BCUT2D eigenvalue weighted by Crippen LogP contribution is -2.66. The smallest absolute Gasteiger partial charge is 0.309 e. The van der Waals surface area contributed by atoms with Gasteiger partial charge in [-0.1, -0.05) is 54.5 Å². The lowest BCUT2D eigenvalue weighted by molar-refractivity contribution is -0.233. The lowest BCUT2D eigenvalue weighted by Gasteiger charge is -2.72. The van der Waals surface area contributed by atoms with Gasteiger partial charge in [0.1, 0.15) is 11.9 Å². The Kier molecular flexibility index (Phi) is 8.59. The second kappa shape index (κ2) is 11.8. The van der Waals surface area contributed by atoms with E-state index in [0.29, 0.717) is 24.1 Å². The molecule has 5 aliphatic rings. The van der Waals surface area contributed by atoms with Gasteiger partial charge in [-0.2, -0.15) is 0 Å². The minimum atomic E-state index is -1.17. The molecule has 49 heavy (non-hydrogen) atoms. The summed E-state index contributed by atoms with van der Waals surface area (Å²) in [5.41, 5.74) is -0.264. The number of carboxylic acids is 1. The first kappa shape index (κ1) is 35.8. The molecule has 8 nitrogen and oxygen atoms in total. The van der Waals surface area contributed by atoms with E-state index < -0.39 is 22.8 Å². The Morgan fingerprint density at radius 1 is 0.959 bits per heavy atom. The zero-order chi connectivity index (χ0) is 35.9. The average Bonchev–Trinajstić information content (AvgIpc) is 3.32. The number of aliphatic carboxylic acids is 1. The number of ketones is 1. The molecule has 2 N–H and O–H groups in total. The SMILES string of the molecule is CC(C)C1=C2[C@H]3CCC4[C@@]5(C)CC[C@H](OC(=O)CC(C)(C)C(=O)O)C(C)(C)C5CC[C@@]4(C)[C@]3(C)CC[C@@]2(C(=O)Nc2ccccn2)CC1=O. The van der Waals surface area contributed by atoms with Crippen molar-refractivity contribution in [3.8, 4) is 0 Å². The number of allylic oxidation sites excluding steroid dienone is 1. The molecule has 8 atom stereocenters. The van der Waals surface area contributed by atoms with Crippen LogP contribution in [0.4, 0.5) is 5.82 Å². The number of nitrogens with one attached hydrogen (secondary N) is 1. The van der Waals surface area contributed by atoms with E-state index in [1.54, 1.807) is 20.0 Å². The van der Waals surface area contributed by atoms with Gasteiger partial charge in [-0.05, 0) is 128 Å². The molecular formula is C41H58N2O6. The van der Waals surface area contributed by atoms with E-state index in [4.69, 9.17) is 4.74 Å². The molecule has 1 aromatic rings. The zero-order valence-corrected chi connectivity index (χ0v) is 31.2. The van der Waals surface area contributed by atoms with Crippen LogP contribution in [0, 0.1) is 56.2 Å². The largest absolute Gasteiger partial charge is 0.481 e. The van der Waals surface area contributed by atoms with Crippen molar-refractivity contribution < 1.29 is 29.0 Å². The molecular weight excluding hydrogens is 616 g/mol. The van der Waals surface area contributed by atoms with E-state index in [0.717, 1.165) is 56.1 Å². The summed E-state index contributed by atoms with van der Waals surface area (Å²) in [6.07, 6.45) is 8.87. The first-order valence-electron chi connectivity index (χ1n) is 18.7. The first-order chi connectivity index (χ1) is 22.7. The van der Waals surface area contributed by atoms with E-state index in [-0.39, 0.29) is 64.1 Å². The molecule has 0 radical (unpaired) electrons. The maximum atomic E-state index is 14.4. The van der Waals surface area contributed by atoms with Crippen molar-refractivity contribution in [2.75, 3.05) is 5.32 Å². The van der Waals surface area contributed by atoms with Gasteiger partial charge in [0.25, 0.3) is 0 Å². The Morgan fingerprint density at radius 3 is 2.31 bits per heavy atom. The standard InChI is InChI=1S/C41H58N2O6/c1-24(2)32-26(44)22-41(34(46)43-30-12-10-11-21-42-30)20-19-39(8)25(33(32)41)13-14-28-38(7)17-16-29(49-31(45)23-36(3,4)35(47)48)37(5,6)27(38)15-18-40(28,39)9/h10-12,21,24-25,27-29H,13-20,22-23H2,1-9H3,(H,47,48)(H,42,43,46)/t25-,27?,28?,29+,38+,39-,40-,41-/m1/s1. The number of fused-ring (bicyclic) bond motifs is 7. The molecule has 6 rings (SSSR count). The minimum Gasteiger partial charge on any atom is -0.481 e. The Labute approximate surface area is 292 Å². The van der Waals surface area contributed by atoms with Crippen LogP contribution >= 0.6 is 0 Å². The van der Waals surface area contributed by atoms with Crippen molar-refractivity contribution in [3.63, 3.8) is 0 Å². The van der Waals surface area contributed by atoms with Crippen LogP contribution in [0.15, 0.2) is 35.5 Å². The number of hydrogen-bond donors (Lipinski definition) is 2. The number of carbonyl (C=O) groups excluding carboxylic acids is 3. The third-order valence-corrected chi connectivity index (χ3v) is 15.1. The van der Waals surface area contributed by atoms with Crippen LogP contribution in [0.5, 0.6) is 0 Å². The highest BCUT2D eigenvalue weighted by molar-refractivity contribution is 6.09.